The maximum absolute atomic E-state index is 13.0. The van der Waals surface area contributed by atoms with E-state index in [1.54, 1.807) is 24.4 Å². The van der Waals surface area contributed by atoms with Crippen LogP contribution in [0.3, 0.4) is 0 Å². The summed E-state index contributed by atoms with van der Waals surface area (Å²) in [6.07, 6.45) is 4.35. The summed E-state index contributed by atoms with van der Waals surface area (Å²) in [7, 11) is 0. The van der Waals surface area contributed by atoms with Crippen molar-refractivity contribution in [2.24, 2.45) is 0 Å². The second-order valence-electron chi connectivity index (χ2n) is 6.50. The van der Waals surface area contributed by atoms with Crippen LogP contribution in [-0.2, 0) is 11.3 Å². The lowest BCUT2D eigenvalue weighted by atomic mass is 10.1. The van der Waals surface area contributed by atoms with Crippen molar-refractivity contribution in [2.75, 3.05) is 19.7 Å². The summed E-state index contributed by atoms with van der Waals surface area (Å²) in [6.45, 7) is 2.43. The number of carbonyl (C=O) groups is 1. The molecule has 4 rings (SSSR count). The number of aromatic nitrogens is 4. The van der Waals surface area contributed by atoms with E-state index in [0.29, 0.717) is 42.7 Å². The molecule has 2 aromatic heterocycles. The summed E-state index contributed by atoms with van der Waals surface area (Å²) in [5.41, 5.74) is 2.10. The Kier molecular flexibility index (Phi) is 5.22. The fourth-order valence-corrected chi connectivity index (χ4v) is 3.30. The fourth-order valence-electron chi connectivity index (χ4n) is 3.18. The van der Waals surface area contributed by atoms with Crippen LogP contribution in [0.2, 0.25) is 5.02 Å². The van der Waals surface area contributed by atoms with Gasteiger partial charge in [-0.1, -0.05) is 23.7 Å². The van der Waals surface area contributed by atoms with Crippen LogP contribution >= 0.6 is 11.6 Å². The molecule has 1 aliphatic heterocycles. The van der Waals surface area contributed by atoms with Gasteiger partial charge in [-0.25, -0.2) is 0 Å². The van der Waals surface area contributed by atoms with Crippen LogP contribution in [0, 0.1) is 0 Å². The summed E-state index contributed by atoms with van der Waals surface area (Å²) < 4.78 is 7.71. The largest absolute Gasteiger partial charge is 0.374 e. The zero-order valence-electron chi connectivity index (χ0n) is 14.7. The van der Waals surface area contributed by atoms with Gasteiger partial charge in [-0.2, -0.15) is 10.2 Å². The van der Waals surface area contributed by atoms with Crippen LogP contribution < -0.4 is 0 Å². The van der Waals surface area contributed by atoms with Gasteiger partial charge in [0.05, 0.1) is 18.3 Å². The third kappa shape index (κ3) is 4.20. The van der Waals surface area contributed by atoms with Crippen molar-refractivity contribution in [3.8, 4) is 11.3 Å². The van der Waals surface area contributed by atoms with Gasteiger partial charge in [-0.3, -0.25) is 14.6 Å². The standard InChI is InChI=1S/C19H20ClN5O2/c20-15-5-3-14(4-6-15)17-11-18(23-22-17)19(26)24-8-2-10-27-16(12-24)13-25-9-1-7-21-25/h1,3-7,9,11,16H,2,8,10,12-13H2,(H,22,23). The number of rotatable bonds is 4. The average Bonchev–Trinajstić information content (AvgIpc) is 3.31. The SMILES string of the molecule is O=C(c1cc(-c2ccc(Cl)cc2)n[nH]1)N1CCCOC(Cn2cccn2)C1. The van der Waals surface area contributed by atoms with E-state index in [4.69, 9.17) is 16.3 Å². The molecule has 8 heteroatoms. The molecule has 1 saturated heterocycles. The fraction of sp³-hybridized carbons (Fsp3) is 0.316. The molecule has 1 unspecified atom stereocenters. The second-order valence-corrected chi connectivity index (χ2v) is 6.94. The van der Waals surface area contributed by atoms with Crippen molar-refractivity contribution < 1.29 is 9.53 Å². The van der Waals surface area contributed by atoms with Gasteiger partial charge >= 0.3 is 0 Å². The zero-order valence-corrected chi connectivity index (χ0v) is 15.5. The van der Waals surface area contributed by atoms with Gasteiger partial charge in [0.2, 0.25) is 0 Å². The van der Waals surface area contributed by atoms with Gasteiger partial charge in [0.15, 0.2) is 0 Å². The van der Waals surface area contributed by atoms with Gasteiger partial charge in [0.25, 0.3) is 5.91 Å². The Bertz CT molecular complexity index is 891. The predicted octanol–water partition coefficient (Wildman–Crippen LogP) is 2.86. The number of H-pyrrole nitrogens is 1. The monoisotopic (exact) mass is 385 g/mol. The lowest BCUT2D eigenvalue weighted by molar-refractivity contribution is 0.0365. The van der Waals surface area contributed by atoms with Crippen molar-refractivity contribution in [1.82, 2.24) is 24.9 Å². The smallest absolute Gasteiger partial charge is 0.271 e. The molecular formula is C19H20ClN5O2. The molecule has 0 bridgehead atoms. The molecule has 0 spiro atoms. The molecule has 1 amide bonds. The number of aromatic amines is 1. The van der Waals surface area contributed by atoms with Gasteiger partial charge in [0.1, 0.15) is 5.69 Å². The van der Waals surface area contributed by atoms with Crippen LogP contribution in [0.5, 0.6) is 0 Å². The number of amides is 1. The number of hydrogen-bond donors (Lipinski definition) is 1. The van der Waals surface area contributed by atoms with Crippen molar-refractivity contribution >= 4 is 17.5 Å². The first-order chi connectivity index (χ1) is 13.2. The van der Waals surface area contributed by atoms with Gasteiger partial charge < -0.3 is 9.64 Å². The predicted molar refractivity (Wildman–Crippen MR) is 102 cm³/mol. The number of carbonyl (C=O) groups excluding carboxylic acids is 1. The second kappa shape index (κ2) is 7.94. The third-order valence-electron chi connectivity index (χ3n) is 4.54. The molecule has 1 fully saturated rings. The number of hydrogen-bond acceptors (Lipinski definition) is 4. The van der Waals surface area contributed by atoms with E-state index in [1.165, 1.54) is 0 Å². The highest BCUT2D eigenvalue weighted by Crippen LogP contribution is 2.21. The lowest BCUT2D eigenvalue weighted by Gasteiger charge is -2.23. The number of nitrogens with one attached hydrogen (secondary N) is 1. The van der Waals surface area contributed by atoms with Gasteiger partial charge in [0, 0.05) is 42.7 Å². The number of ether oxygens (including phenoxy) is 1. The normalized spacial score (nSPS) is 17.7. The first-order valence-electron chi connectivity index (χ1n) is 8.89. The Hall–Kier alpha value is -2.64. The Balaban J connectivity index is 1.47. The molecule has 0 aliphatic carbocycles. The number of nitrogens with zero attached hydrogens (tertiary/aromatic N) is 4. The molecule has 1 aromatic carbocycles. The molecule has 7 nitrogen and oxygen atoms in total. The van der Waals surface area contributed by atoms with Gasteiger partial charge in [-0.05, 0) is 30.7 Å². The van der Waals surface area contributed by atoms with Crippen LogP contribution in [0.1, 0.15) is 16.9 Å². The lowest BCUT2D eigenvalue weighted by Crippen LogP contribution is -2.38. The van der Waals surface area contributed by atoms with E-state index in [0.717, 1.165) is 12.0 Å². The summed E-state index contributed by atoms with van der Waals surface area (Å²) in [6, 6.07) is 11.0. The molecule has 3 aromatic rings. The summed E-state index contributed by atoms with van der Waals surface area (Å²) in [5.74, 6) is -0.0707. The molecule has 140 valence electrons. The van der Waals surface area contributed by atoms with Crippen LogP contribution in [-0.4, -0.2) is 56.6 Å². The van der Waals surface area contributed by atoms with Gasteiger partial charge in [-0.15, -0.1) is 0 Å². The highest BCUT2D eigenvalue weighted by atomic mass is 35.5. The van der Waals surface area contributed by atoms with Crippen molar-refractivity contribution in [2.45, 2.75) is 19.1 Å². The molecule has 0 radical (unpaired) electrons. The van der Waals surface area contributed by atoms with Crippen LogP contribution in [0.25, 0.3) is 11.3 Å². The minimum atomic E-state index is -0.0880. The summed E-state index contributed by atoms with van der Waals surface area (Å²) in [4.78, 5) is 14.8. The highest BCUT2D eigenvalue weighted by Gasteiger charge is 2.25. The molecule has 3 heterocycles. The maximum atomic E-state index is 13.0. The molecular weight excluding hydrogens is 366 g/mol. The number of halogens is 1. The Morgan fingerprint density at radius 2 is 2.19 bits per heavy atom. The Morgan fingerprint density at radius 3 is 2.96 bits per heavy atom. The van der Waals surface area contributed by atoms with Crippen LogP contribution in [0.4, 0.5) is 0 Å². The molecule has 0 saturated carbocycles. The molecule has 27 heavy (non-hydrogen) atoms. The van der Waals surface area contributed by atoms with E-state index in [9.17, 15) is 4.79 Å². The molecule has 1 atom stereocenters. The summed E-state index contributed by atoms with van der Waals surface area (Å²) in [5, 5.41) is 12.0. The zero-order chi connectivity index (χ0) is 18.6. The van der Waals surface area contributed by atoms with E-state index in [-0.39, 0.29) is 12.0 Å². The van der Waals surface area contributed by atoms with E-state index < -0.39 is 0 Å². The number of benzene rings is 1. The summed E-state index contributed by atoms with van der Waals surface area (Å²) >= 11 is 5.93. The molecule has 1 aliphatic rings. The Labute approximate surface area is 161 Å². The highest BCUT2D eigenvalue weighted by molar-refractivity contribution is 6.30. The van der Waals surface area contributed by atoms with Crippen LogP contribution in [0.15, 0.2) is 48.8 Å². The van der Waals surface area contributed by atoms with Crippen molar-refractivity contribution in [1.29, 1.82) is 0 Å². The van der Waals surface area contributed by atoms with E-state index >= 15 is 0 Å². The minimum absolute atomic E-state index is 0.0707. The maximum Gasteiger partial charge on any atom is 0.271 e. The van der Waals surface area contributed by atoms with E-state index in [1.807, 2.05) is 34.0 Å². The Morgan fingerprint density at radius 1 is 1.33 bits per heavy atom. The molecule has 1 N–H and O–H groups in total. The van der Waals surface area contributed by atoms with Crippen molar-refractivity contribution in [3.63, 3.8) is 0 Å². The van der Waals surface area contributed by atoms with Crippen molar-refractivity contribution in [3.05, 3.63) is 59.5 Å². The minimum Gasteiger partial charge on any atom is -0.374 e. The quantitative estimate of drug-likeness (QED) is 0.749. The van der Waals surface area contributed by atoms with E-state index in [2.05, 4.69) is 15.3 Å². The first-order valence-corrected chi connectivity index (χ1v) is 9.26. The first kappa shape index (κ1) is 17.8. The third-order valence-corrected chi connectivity index (χ3v) is 4.79. The average molecular weight is 386 g/mol. The topological polar surface area (TPSA) is 76.0 Å².